The molecule has 0 N–H and O–H groups in total. The summed E-state index contributed by atoms with van der Waals surface area (Å²) in [5.74, 6) is 0.830. The number of para-hydroxylation sites is 3. The summed E-state index contributed by atoms with van der Waals surface area (Å²) in [7, 11) is -3.17. The van der Waals surface area contributed by atoms with E-state index in [-0.39, 0.29) is 0 Å². The lowest BCUT2D eigenvalue weighted by Gasteiger charge is -2.35. The minimum Gasteiger partial charge on any atom is -0.294 e. The fourth-order valence-corrected chi connectivity index (χ4v) is 14.0. The molecule has 286 valence electrons. The molecule has 0 spiro atoms. The van der Waals surface area contributed by atoms with Crippen LogP contribution in [0.5, 0.6) is 0 Å². The van der Waals surface area contributed by atoms with Crippen LogP contribution in [0.4, 0.5) is 17.1 Å². The number of aromatic nitrogens is 2. The summed E-state index contributed by atoms with van der Waals surface area (Å²) in [4.78, 5) is 11.3. The second-order valence-corrected chi connectivity index (χ2v) is 18.9. The van der Waals surface area contributed by atoms with Gasteiger partial charge in [0.25, 0.3) is 0 Å². The molecule has 0 radical (unpaired) electrons. The first kappa shape index (κ1) is 32.4. The van der Waals surface area contributed by atoms with E-state index in [1.807, 2.05) is 36.5 Å². The van der Waals surface area contributed by atoms with E-state index in [1.54, 1.807) is 11.1 Å². The van der Waals surface area contributed by atoms with Gasteiger partial charge in [-0.05, 0) is 91.5 Å². The predicted molar refractivity (Wildman–Crippen MR) is 251 cm³/mol. The molecule has 0 amide bonds. The van der Waals surface area contributed by atoms with Crippen molar-refractivity contribution in [3.05, 3.63) is 225 Å². The Labute approximate surface area is 354 Å². The smallest absolute Gasteiger partial charge is 0.179 e. The zero-order valence-corrected chi connectivity index (χ0v) is 33.6. The number of hydroxylamine groups is 1. The second-order valence-electron chi connectivity index (χ2n) is 15.1. The molecule has 10 aromatic rings. The number of pyridine rings is 1. The molecule has 0 bridgehead atoms. The summed E-state index contributed by atoms with van der Waals surface area (Å²) in [6, 6.07) is 76.4. The fourth-order valence-electron chi connectivity index (χ4n) is 9.17. The Morgan fingerprint density at radius 3 is 1.82 bits per heavy atom. The van der Waals surface area contributed by atoms with Crippen LogP contribution >= 0.6 is 0 Å². The van der Waals surface area contributed by atoms with Crippen molar-refractivity contribution in [1.29, 1.82) is 0 Å². The molecule has 1 aliphatic rings. The van der Waals surface area contributed by atoms with Crippen molar-refractivity contribution in [1.82, 2.24) is 9.55 Å². The molecule has 1 aliphatic heterocycles. The predicted octanol–water partition coefficient (Wildman–Crippen LogP) is 10.3. The van der Waals surface area contributed by atoms with E-state index in [0.717, 1.165) is 65.8 Å². The van der Waals surface area contributed by atoms with Gasteiger partial charge in [0.05, 0.1) is 28.1 Å². The molecule has 2 aromatic heterocycles. The third kappa shape index (κ3) is 5.76. The molecule has 0 atom stereocenters. The lowest BCUT2D eigenvalue weighted by molar-refractivity contribution is 0.142. The summed E-state index contributed by atoms with van der Waals surface area (Å²) in [6.07, 6.45) is 1.92. The van der Waals surface area contributed by atoms with Gasteiger partial charge >= 0.3 is 0 Å². The van der Waals surface area contributed by atoms with E-state index >= 15 is 0 Å². The Hall–Kier alpha value is -7.51. The highest BCUT2D eigenvalue weighted by atomic mass is 28.3. The number of fused-ring (bicyclic) bond motifs is 4. The van der Waals surface area contributed by atoms with Gasteiger partial charge in [0.1, 0.15) is 5.82 Å². The first-order valence-electron chi connectivity index (χ1n) is 21.6. The molecule has 0 unspecified atom stereocenters. The van der Waals surface area contributed by atoms with Gasteiger partial charge in [0.15, 0.2) is 8.07 Å². The normalized spacial score (nSPS) is 13.6. The summed E-state index contributed by atoms with van der Waals surface area (Å²) in [5, 5.41) is 9.65. The minimum absolute atomic E-state index is 0.483. The van der Waals surface area contributed by atoms with Crippen LogP contribution in [-0.2, 0) is 4.94 Å². The molecule has 0 saturated heterocycles. The van der Waals surface area contributed by atoms with E-state index in [2.05, 4.69) is 187 Å². The van der Waals surface area contributed by atoms with Gasteiger partial charge < -0.3 is 0 Å². The molecule has 5 nitrogen and oxygen atoms in total. The average molecular weight is 792 g/mol. The summed E-state index contributed by atoms with van der Waals surface area (Å²) in [6.45, 7) is -2.51. The van der Waals surface area contributed by atoms with Crippen LogP contribution in [0, 0.1) is 0 Å². The zero-order chi connectivity index (χ0) is 42.5. The van der Waals surface area contributed by atoms with Crippen molar-refractivity contribution >= 4 is 67.7 Å². The van der Waals surface area contributed by atoms with Crippen LogP contribution in [0.1, 0.15) is 4.11 Å². The Balaban J connectivity index is 1.15. The van der Waals surface area contributed by atoms with Crippen molar-refractivity contribution in [2.45, 2.75) is 0 Å². The highest BCUT2D eigenvalue weighted by molar-refractivity contribution is 7.20. The van der Waals surface area contributed by atoms with E-state index in [9.17, 15) is 0 Å². The zero-order valence-electron chi connectivity index (χ0n) is 35.6. The molecule has 3 heterocycles. The van der Waals surface area contributed by atoms with Crippen LogP contribution in [0.15, 0.2) is 225 Å². The number of hydrogen-bond donors (Lipinski definition) is 0. The SMILES string of the molecule is [2H]C([2H])([2H])N1ON(c2cccc([Si](c3ccccc3)(c3ccccc3)c3ccc4c5ccccc5n(-c5cc(-c6ccccc6-c6ccccc6)ccn5)c4c3)c2)c2ccccc21. The Morgan fingerprint density at radius 2 is 1.07 bits per heavy atom. The third-order valence-electron chi connectivity index (χ3n) is 11.8. The van der Waals surface area contributed by atoms with Gasteiger partial charge in [-0.2, -0.15) is 5.06 Å². The van der Waals surface area contributed by atoms with Crippen LogP contribution in [0.25, 0.3) is 49.9 Å². The van der Waals surface area contributed by atoms with Gasteiger partial charge in [0, 0.05) is 28.1 Å². The third-order valence-corrected chi connectivity index (χ3v) is 16.6. The lowest BCUT2D eigenvalue weighted by atomic mass is 9.95. The molecule has 8 aromatic carbocycles. The van der Waals surface area contributed by atoms with E-state index in [1.165, 1.54) is 15.6 Å². The largest absolute Gasteiger partial charge is 0.294 e. The number of hydrogen-bond acceptors (Lipinski definition) is 4. The number of rotatable bonds is 8. The van der Waals surface area contributed by atoms with Crippen molar-refractivity contribution < 1.29 is 9.05 Å². The van der Waals surface area contributed by atoms with E-state index < -0.39 is 15.0 Å². The first-order chi connectivity index (χ1) is 30.9. The quantitative estimate of drug-likeness (QED) is 0.113. The summed E-state index contributed by atoms with van der Waals surface area (Å²) < 4.78 is 27.2. The standard InChI is InChI=1S/C54H40N4OSi/c1-56-51-30-15-16-31-52(51)58(59-56)41-20-17-25-44(37-41)60(42-21-7-3-8-22-42,43-23-9-4-10-24-43)45-32-33-49-48-28-13-14-29-50(48)57(53(49)38-45)54-36-40(34-35-55-54)47-27-12-11-26-46(47)39-18-5-2-6-19-39/h2-38H,1H3/i1D3. The monoisotopic (exact) mass is 791 g/mol. The molecular formula is C54H40N4OSi. The van der Waals surface area contributed by atoms with Crippen molar-refractivity contribution in [2.75, 3.05) is 17.1 Å². The molecule has 0 fully saturated rings. The maximum atomic E-state index is 8.29. The number of nitrogens with zero attached hydrogens (tertiary/aromatic N) is 4. The maximum absolute atomic E-state index is 8.29. The van der Waals surface area contributed by atoms with Gasteiger partial charge in [-0.3, -0.25) is 4.57 Å². The maximum Gasteiger partial charge on any atom is 0.179 e. The van der Waals surface area contributed by atoms with Crippen molar-refractivity contribution in [2.24, 2.45) is 0 Å². The highest BCUT2D eigenvalue weighted by Crippen LogP contribution is 2.40. The summed E-state index contributed by atoms with van der Waals surface area (Å²) >= 11 is 0. The van der Waals surface area contributed by atoms with Crippen molar-refractivity contribution in [3.63, 3.8) is 0 Å². The molecule has 60 heavy (non-hydrogen) atoms. The van der Waals surface area contributed by atoms with Crippen LogP contribution in [0.3, 0.4) is 0 Å². The molecule has 11 rings (SSSR count). The number of anilines is 3. The molecular weight excluding hydrogens is 749 g/mol. The van der Waals surface area contributed by atoms with E-state index in [4.69, 9.17) is 14.0 Å². The second kappa shape index (κ2) is 14.7. The Kier molecular flexibility index (Phi) is 7.95. The van der Waals surface area contributed by atoms with Crippen LogP contribution in [-0.4, -0.2) is 24.6 Å². The van der Waals surface area contributed by atoms with Gasteiger partial charge in [0.2, 0.25) is 0 Å². The van der Waals surface area contributed by atoms with Gasteiger partial charge in [-0.25, -0.2) is 10.0 Å². The topological polar surface area (TPSA) is 33.5 Å². The molecule has 0 aliphatic carbocycles. The van der Waals surface area contributed by atoms with Gasteiger partial charge in [-0.1, -0.05) is 170 Å². The summed E-state index contributed by atoms with van der Waals surface area (Å²) in [5.41, 5.74) is 8.54. The fraction of sp³-hybridized carbons (Fsp3) is 0.0185. The Bertz CT molecular complexity index is 3250. The highest BCUT2D eigenvalue weighted by Gasteiger charge is 2.42. The minimum atomic E-state index is -3.17. The average Bonchev–Trinajstić information content (AvgIpc) is 3.90. The number of benzene rings is 8. The van der Waals surface area contributed by atoms with Crippen LogP contribution in [0.2, 0.25) is 0 Å². The Morgan fingerprint density at radius 1 is 0.467 bits per heavy atom. The van der Waals surface area contributed by atoms with Gasteiger partial charge in [-0.15, -0.1) is 4.94 Å². The molecule has 0 saturated carbocycles. The van der Waals surface area contributed by atoms with Crippen molar-refractivity contribution in [3.8, 4) is 28.1 Å². The van der Waals surface area contributed by atoms with Crippen LogP contribution < -0.4 is 30.9 Å². The first-order valence-corrected chi connectivity index (χ1v) is 22.1. The lowest BCUT2D eigenvalue weighted by Crippen LogP contribution is -2.74. The van der Waals surface area contributed by atoms with E-state index in [0.29, 0.717) is 11.4 Å². The molecule has 6 heteroatoms.